The van der Waals surface area contributed by atoms with Crippen LogP contribution in [0.5, 0.6) is 0 Å². The van der Waals surface area contributed by atoms with E-state index in [9.17, 15) is 4.79 Å². The molecule has 0 bridgehead atoms. The number of hydrogen-bond acceptors (Lipinski definition) is 5. The first-order valence-electron chi connectivity index (χ1n) is 7.95. The minimum Gasteiger partial charge on any atom is -0.444 e. The van der Waals surface area contributed by atoms with Crippen LogP contribution >= 0.6 is 11.3 Å². The Morgan fingerprint density at radius 3 is 2.86 bits per heavy atom. The molecular weight excluding hydrogens is 298 g/mol. The first kappa shape index (κ1) is 17.2. The highest BCUT2D eigenvalue weighted by Crippen LogP contribution is 2.17. The molecule has 124 valence electrons. The lowest BCUT2D eigenvalue weighted by molar-refractivity contribution is 0.0256. The van der Waals surface area contributed by atoms with Crippen molar-refractivity contribution in [2.75, 3.05) is 13.1 Å². The van der Waals surface area contributed by atoms with Crippen molar-refractivity contribution in [1.29, 1.82) is 0 Å². The van der Waals surface area contributed by atoms with Crippen LogP contribution in [0.3, 0.4) is 0 Å². The van der Waals surface area contributed by atoms with E-state index in [-0.39, 0.29) is 6.09 Å². The van der Waals surface area contributed by atoms with E-state index in [0.717, 1.165) is 44.6 Å². The van der Waals surface area contributed by atoms with Gasteiger partial charge in [0.25, 0.3) is 0 Å². The lowest BCUT2D eigenvalue weighted by Crippen LogP contribution is -2.38. The molecule has 1 atom stereocenters. The van der Waals surface area contributed by atoms with Crippen molar-refractivity contribution in [3.05, 3.63) is 16.1 Å². The van der Waals surface area contributed by atoms with Gasteiger partial charge < -0.3 is 15.0 Å². The summed E-state index contributed by atoms with van der Waals surface area (Å²) >= 11 is 1.70. The normalized spacial score (nSPS) is 19.8. The van der Waals surface area contributed by atoms with Crippen LogP contribution in [-0.4, -0.2) is 40.7 Å². The van der Waals surface area contributed by atoms with Gasteiger partial charge in [-0.05, 0) is 47.0 Å². The first-order valence-corrected chi connectivity index (χ1v) is 8.83. The Hall–Kier alpha value is -1.14. The van der Waals surface area contributed by atoms with Gasteiger partial charge in [-0.2, -0.15) is 0 Å². The van der Waals surface area contributed by atoms with Crippen molar-refractivity contribution in [3.8, 4) is 0 Å². The lowest BCUT2D eigenvalue weighted by atomic mass is 10.1. The van der Waals surface area contributed by atoms with E-state index in [0.29, 0.717) is 6.04 Å². The van der Waals surface area contributed by atoms with Crippen molar-refractivity contribution in [1.82, 2.24) is 15.2 Å². The van der Waals surface area contributed by atoms with Gasteiger partial charge in [0.15, 0.2) is 0 Å². The number of amides is 1. The van der Waals surface area contributed by atoms with Crippen molar-refractivity contribution in [2.24, 2.45) is 0 Å². The number of nitrogens with one attached hydrogen (secondary N) is 1. The van der Waals surface area contributed by atoms with Gasteiger partial charge in [0.05, 0.1) is 11.2 Å². The molecule has 2 heterocycles. The second kappa shape index (κ2) is 7.42. The average Bonchev–Trinajstić information content (AvgIpc) is 2.69. The number of carbonyl (C=O) groups excluding carboxylic acids is 1. The number of carbonyl (C=O) groups is 1. The number of likely N-dealkylation sites (tertiary alicyclic amines) is 1. The van der Waals surface area contributed by atoms with E-state index in [4.69, 9.17) is 4.74 Å². The molecule has 1 aromatic heterocycles. The summed E-state index contributed by atoms with van der Waals surface area (Å²) in [6.45, 7) is 10.2. The molecular formula is C16H27N3O2S. The van der Waals surface area contributed by atoms with Crippen molar-refractivity contribution < 1.29 is 9.53 Å². The summed E-state index contributed by atoms with van der Waals surface area (Å²) in [6, 6.07) is 0.453. The maximum Gasteiger partial charge on any atom is 0.410 e. The number of rotatable bonds is 3. The summed E-state index contributed by atoms with van der Waals surface area (Å²) in [6.07, 6.45) is 2.89. The topological polar surface area (TPSA) is 54.5 Å². The fourth-order valence-corrected chi connectivity index (χ4v) is 3.27. The maximum atomic E-state index is 12.1. The summed E-state index contributed by atoms with van der Waals surface area (Å²) in [5, 5.41) is 3.60. The predicted molar refractivity (Wildman–Crippen MR) is 89.1 cm³/mol. The van der Waals surface area contributed by atoms with Crippen molar-refractivity contribution >= 4 is 17.4 Å². The number of thiazole rings is 1. The van der Waals surface area contributed by atoms with Crippen LogP contribution in [-0.2, 0) is 11.3 Å². The lowest BCUT2D eigenvalue weighted by Gasteiger charge is -2.26. The smallest absolute Gasteiger partial charge is 0.410 e. The summed E-state index contributed by atoms with van der Waals surface area (Å²) < 4.78 is 5.46. The zero-order chi connectivity index (χ0) is 16.2. The average molecular weight is 325 g/mol. The second-order valence-electron chi connectivity index (χ2n) is 6.84. The largest absolute Gasteiger partial charge is 0.444 e. The third kappa shape index (κ3) is 5.25. The van der Waals surface area contributed by atoms with Crippen LogP contribution in [0.1, 0.15) is 50.6 Å². The Balaban J connectivity index is 1.80. The molecule has 5 nitrogen and oxygen atoms in total. The van der Waals surface area contributed by atoms with Crippen molar-refractivity contribution in [2.45, 2.75) is 65.1 Å². The van der Waals surface area contributed by atoms with Gasteiger partial charge in [0, 0.05) is 30.6 Å². The molecule has 1 fully saturated rings. The Morgan fingerprint density at radius 1 is 1.45 bits per heavy atom. The molecule has 22 heavy (non-hydrogen) atoms. The zero-order valence-electron chi connectivity index (χ0n) is 14.0. The van der Waals surface area contributed by atoms with Gasteiger partial charge in [-0.15, -0.1) is 11.3 Å². The summed E-state index contributed by atoms with van der Waals surface area (Å²) in [4.78, 5) is 19.6. The minimum atomic E-state index is -0.426. The summed E-state index contributed by atoms with van der Waals surface area (Å²) in [5.41, 5.74) is 2.58. The molecule has 0 saturated carbocycles. The molecule has 6 heteroatoms. The van der Waals surface area contributed by atoms with Gasteiger partial charge in [-0.25, -0.2) is 9.78 Å². The van der Waals surface area contributed by atoms with Gasteiger partial charge in [0.1, 0.15) is 5.60 Å². The molecule has 1 aliphatic rings. The number of aromatic nitrogens is 1. The van der Waals surface area contributed by atoms with Crippen LogP contribution in [0.15, 0.2) is 5.51 Å². The second-order valence-corrected chi connectivity index (χ2v) is 7.78. The maximum absolute atomic E-state index is 12.1. The van der Waals surface area contributed by atoms with Crippen molar-refractivity contribution in [3.63, 3.8) is 0 Å². The molecule has 1 amide bonds. The van der Waals surface area contributed by atoms with E-state index in [1.54, 1.807) is 11.3 Å². The molecule has 2 rings (SSSR count). The monoisotopic (exact) mass is 325 g/mol. The number of ether oxygens (including phenoxy) is 1. The highest BCUT2D eigenvalue weighted by molar-refractivity contribution is 7.09. The molecule has 0 spiro atoms. The Bertz CT molecular complexity index is 496. The van der Waals surface area contributed by atoms with E-state index in [1.807, 2.05) is 38.1 Å². The van der Waals surface area contributed by atoms with Crippen LogP contribution < -0.4 is 5.32 Å². The van der Waals surface area contributed by atoms with E-state index < -0.39 is 5.60 Å². The fraction of sp³-hybridized carbons (Fsp3) is 0.750. The molecule has 1 aromatic rings. The number of nitrogens with zero attached hydrogens (tertiary/aromatic N) is 2. The van der Waals surface area contributed by atoms with Crippen LogP contribution in [0.2, 0.25) is 0 Å². The standard InChI is InChI=1S/C16H27N3O2S/c1-12-14(22-11-18-12)10-17-13-6-5-8-19(9-7-13)15(20)21-16(2,3)4/h11,13,17H,5-10H2,1-4H3/t13-/m0/s1. The summed E-state index contributed by atoms with van der Waals surface area (Å²) in [7, 11) is 0. The van der Waals surface area contributed by atoms with Crippen LogP contribution in [0, 0.1) is 6.92 Å². The molecule has 1 aliphatic heterocycles. The van der Waals surface area contributed by atoms with Gasteiger partial charge in [-0.3, -0.25) is 0 Å². The highest BCUT2D eigenvalue weighted by atomic mass is 32.1. The van der Waals surface area contributed by atoms with Gasteiger partial charge in [-0.1, -0.05) is 0 Å². The van der Waals surface area contributed by atoms with E-state index in [1.165, 1.54) is 4.88 Å². The Morgan fingerprint density at radius 2 is 2.23 bits per heavy atom. The van der Waals surface area contributed by atoms with Crippen LogP contribution in [0.4, 0.5) is 4.79 Å². The van der Waals surface area contributed by atoms with E-state index >= 15 is 0 Å². The summed E-state index contributed by atoms with van der Waals surface area (Å²) in [5.74, 6) is 0. The Kier molecular flexibility index (Phi) is 5.81. The third-order valence-corrected chi connectivity index (χ3v) is 4.71. The predicted octanol–water partition coefficient (Wildman–Crippen LogP) is 3.33. The number of aryl methyl sites for hydroxylation is 1. The SMILES string of the molecule is Cc1ncsc1CN[C@H]1CCCN(C(=O)OC(C)(C)C)CC1. The van der Waals surface area contributed by atoms with E-state index in [2.05, 4.69) is 10.3 Å². The molecule has 0 aliphatic carbocycles. The molecule has 0 radical (unpaired) electrons. The van der Waals surface area contributed by atoms with Crippen LogP contribution in [0.25, 0.3) is 0 Å². The molecule has 0 aromatic carbocycles. The Labute approximate surface area is 137 Å². The highest BCUT2D eigenvalue weighted by Gasteiger charge is 2.25. The zero-order valence-corrected chi connectivity index (χ0v) is 14.8. The molecule has 0 unspecified atom stereocenters. The van der Waals surface area contributed by atoms with Gasteiger partial charge in [0.2, 0.25) is 0 Å². The molecule has 1 saturated heterocycles. The first-order chi connectivity index (χ1) is 10.3. The minimum absolute atomic E-state index is 0.188. The molecule has 1 N–H and O–H groups in total. The van der Waals surface area contributed by atoms with Gasteiger partial charge >= 0.3 is 6.09 Å². The quantitative estimate of drug-likeness (QED) is 0.926. The third-order valence-electron chi connectivity index (χ3n) is 3.78. The fourth-order valence-electron chi connectivity index (χ4n) is 2.54. The number of hydrogen-bond donors (Lipinski definition) is 1.